The first-order valence-corrected chi connectivity index (χ1v) is 5.65. The molecule has 17 heavy (non-hydrogen) atoms. The van der Waals surface area contributed by atoms with Crippen LogP contribution < -0.4 is 5.73 Å². The number of benzene rings is 1. The van der Waals surface area contributed by atoms with E-state index in [1.54, 1.807) is 13.4 Å². The summed E-state index contributed by atoms with van der Waals surface area (Å²) >= 11 is 0. The summed E-state index contributed by atoms with van der Waals surface area (Å²) in [6.45, 7) is 3.50. The molecule has 4 nitrogen and oxygen atoms in total. The van der Waals surface area contributed by atoms with Gasteiger partial charge in [-0.2, -0.15) is 0 Å². The highest BCUT2D eigenvalue weighted by Gasteiger charge is 2.08. The van der Waals surface area contributed by atoms with Crippen LogP contribution in [0.4, 0.5) is 5.82 Å². The summed E-state index contributed by atoms with van der Waals surface area (Å²) in [5, 5.41) is 0. The largest absolute Gasteiger partial charge is 0.383 e. The summed E-state index contributed by atoms with van der Waals surface area (Å²) < 4.78 is 7.00. The summed E-state index contributed by atoms with van der Waals surface area (Å²) in [5.41, 5.74) is 9.04. The van der Waals surface area contributed by atoms with Crippen molar-refractivity contribution in [3.8, 4) is 11.3 Å². The minimum atomic E-state index is 0.624. The summed E-state index contributed by atoms with van der Waals surface area (Å²) in [6.07, 6.45) is 1.77. The van der Waals surface area contributed by atoms with Gasteiger partial charge in [0.15, 0.2) is 0 Å². The standard InChI is InChI=1S/C13H17N3O/c1-3-16-9-15-12(13(16)14)11-6-4-10(5-7-11)8-17-2/h4-7,9H,3,8,14H2,1-2H3. The molecule has 1 aromatic carbocycles. The average Bonchev–Trinajstić information content (AvgIpc) is 2.72. The van der Waals surface area contributed by atoms with Crippen LogP contribution in [0.1, 0.15) is 12.5 Å². The molecule has 90 valence electrons. The Balaban J connectivity index is 2.30. The van der Waals surface area contributed by atoms with Crippen molar-refractivity contribution in [3.63, 3.8) is 0 Å². The minimum absolute atomic E-state index is 0.624. The van der Waals surface area contributed by atoms with Crippen molar-refractivity contribution < 1.29 is 4.74 Å². The van der Waals surface area contributed by atoms with E-state index in [0.29, 0.717) is 12.4 Å². The Hall–Kier alpha value is -1.81. The lowest BCUT2D eigenvalue weighted by Crippen LogP contribution is -1.99. The second-order valence-electron chi connectivity index (χ2n) is 3.89. The normalized spacial score (nSPS) is 10.7. The molecule has 2 N–H and O–H groups in total. The van der Waals surface area contributed by atoms with Crippen LogP contribution in [0.25, 0.3) is 11.3 Å². The fourth-order valence-electron chi connectivity index (χ4n) is 1.79. The molecule has 2 rings (SSSR count). The number of nitrogen functional groups attached to an aromatic ring is 1. The molecule has 0 unspecified atom stereocenters. The summed E-state index contributed by atoms with van der Waals surface area (Å²) in [6, 6.07) is 8.10. The van der Waals surface area contributed by atoms with Gasteiger partial charge in [0.25, 0.3) is 0 Å². The fraction of sp³-hybridized carbons (Fsp3) is 0.308. The molecule has 0 aliphatic carbocycles. The second kappa shape index (κ2) is 5.01. The van der Waals surface area contributed by atoms with Gasteiger partial charge in [-0.3, -0.25) is 0 Å². The molecule has 0 aliphatic rings. The summed E-state index contributed by atoms with van der Waals surface area (Å²) in [5.74, 6) is 0.715. The highest BCUT2D eigenvalue weighted by molar-refractivity contribution is 5.70. The highest BCUT2D eigenvalue weighted by Crippen LogP contribution is 2.24. The third kappa shape index (κ3) is 2.31. The van der Waals surface area contributed by atoms with Crippen molar-refractivity contribution in [2.24, 2.45) is 0 Å². The minimum Gasteiger partial charge on any atom is -0.383 e. The van der Waals surface area contributed by atoms with E-state index in [-0.39, 0.29) is 0 Å². The lowest BCUT2D eigenvalue weighted by molar-refractivity contribution is 0.185. The van der Waals surface area contributed by atoms with Crippen LogP contribution in [0.3, 0.4) is 0 Å². The predicted molar refractivity (Wildman–Crippen MR) is 68.5 cm³/mol. The zero-order valence-electron chi connectivity index (χ0n) is 10.2. The summed E-state index contributed by atoms with van der Waals surface area (Å²) in [4.78, 5) is 4.34. The number of hydrogen-bond acceptors (Lipinski definition) is 3. The molecule has 1 aromatic heterocycles. The Kier molecular flexibility index (Phi) is 3.44. The first kappa shape index (κ1) is 11.7. The molecule has 0 spiro atoms. The van der Waals surface area contributed by atoms with Gasteiger partial charge in [0.2, 0.25) is 0 Å². The van der Waals surface area contributed by atoms with E-state index < -0.39 is 0 Å². The molecule has 2 aromatic rings. The number of nitrogens with two attached hydrogens (primary N) is 1. The van der Waals surface area contributed by atoms with Gasteiger partial charge in [-0.05, 0) is 12.5 Å². The van der Waals surface area contributed by atoms with Crippen molar-refractivity contribution in [2.75, 3.05) is 12.8 Å². The average molecular weight is 231 g/mol. The molecule has 0 atom stereocenters. The zero-order valence-corrected chi connectivity index (χ0v) is 10.2. The van der Waals surface area contributed by atoms with Gasteiger partial charge in [-0.1, -0.05) is 24.3 Å². The summed E-state index contributed by atoms with van der Waals surface area (Å²) in [7, 11) is 1.69. The molecule has 0 fully saturated rings. The monoisotopic (exact) mass is 231 g/mol. The number of aromatic nitrogens is 2. The van der Waals surface area contributed by atoms with E-state index in [1.165, 1.54) is 0 Å². The number of hydrogen-bond donors (Lipinski definition) is 1. The number of nitrogens with zero attached hydrogens (tertiary/aromatic N) is 2. The van der Waals surface area contributed by atoms with E-state index in [0.717, 1.165) is 23.4 Å². The lowest BCUT2D eigenvalue weighted by Gasteiger charge is -2.04. The van der Waals surface area contributed by atoms with E-state index in [4.69, 9.17) is 10.5 Å². The number of methoxy groups -OCH3 is 1. The SMILES string of the molecule is CCn1cnc(-c2ccc(COC)cc2)c1N. The number of anilines is 1. The molecule has 1 heterocycles. The zero-order chi connectivity index (χ0) is 12.3. The molecule has 0 amide bonds. The lowest BCUT2D eigenvalue weighted by atomic mass is 10.1. The van der Waals surface area contributed by atoms with Gasteiger partial charge in [-0.25, -0.2) is 4.98 Å². The van der Waals surface area contributed by atoms with Gasteiger partial charge in [0.05, 0.1) is 12.9 Å². The highest BCUT2D eigenvalue weighted by atomic mass is 16.5. The van der Waals surface area contributed by atoms with Gasteiger partial charge >= 0.3 is 0 Å². The van der Waals surface area contributed by atoms with Crippen LogP contribution in [0.2, 0.25) is 0 Å². The van der Waals surface area contributed by atoms with Gasteiger partial charge in [0.1, 0.15) is 11.5 Å². The van der Waals surface area contributed by atoms with Crippen molar-refractivity contribution in [2.45, 2.75) is 20.1 Å². The molecule has 4 heteroatoms. The van der Waals surface area contributed by atoms with E-state index in [1.807, 2.05) is 35.8 Å². The fourth-order valence-corrected chi connectivity index (χ4v) is 1.79. The van der Waals surface area contributed by atoms with Gasteiger partial charge in [0, 0.05) is 19.2 Å². The van der Waals surface area contributed by atoms with Crippen LogP contribution in [0.5, 0.6) is 0 Å². The molecular weight excluding hydrogens is 214 g/mol. The van der Waals surface area contributed by atoms with Crippen LogP contribution in [-0.2, 0) is 17.9 Å². The molecular formula is C13H17N3O. The third-order valence-electron chi connectivity index (χ3n) is 2.76. The topological polar surface area (TPSA) is 53.1 Å². The molecule has 0 bridgehead atoms. The Morgan fingerprint density at radius 1 is 1.29 bits per heavy atom. The second-order valence-corrected chi connectivity index (χ2v) is 3.89. The molecule has 0 radical (unpaired) electrons. The van der Waals surface area contributed by atoms with Crippen LogP contribution in [0, 0.1) is 0 Å². The van der Waals surface area contributed by atoms with E-state index in [9.17, 15) is 0 Å². The Labute approximate surface area is 101 Å². The molecule has 0 aliphatic heterocycles. The third-order valence-corrected chi connectivity index (χ3v) is 2.76. The number of aryl methyl sites for hydroxylation is 1. The smallest absolute Gasteiger partial charge is 0.131 e. The van der Waals surface area contributed by atoms with E-state index >= 15 is 0 Å². The first-order valence-electron chi connectivity index (χ1n) is 5.65. The quantitative estimate of drug-likeness (QED) is 0.878. The number of rotatable bonds is 4. The van der Waals surface area contributed by atoms with Crippen LogP contribution in [-0.4, -0.2) is 16.7 Å². The van der Waals surface area contributed by atoms with Gasteiger partial charge < -0.3 is 15.0 Å². The first-order chi connectivity index (χ1) is 8.26. The maximum absolute atomic E-state index is 6.02. The predicted octanol–water partition coefficient (Wildman–Crippen LogP) is 2.30. The van der Waals surface area contributed by atoms with Crippen LogP contribution >= 0.6 is 0 Å². The Morgan fingerprint density at radius 2 is 2.00 bits per heavy atom. The van der Waals surface area contributed by atoms with Crippen molar-refractivity contribution in [1.29, 1.82) is 0 Å². The van der Waals surface area contributed by atoms with Crippen LogP contribution in [0.15, 0.2) is 30.6 Å². The van der Waals surface area contributed by atoms with Crippen molar-refractivity contribution >= 4 is 5.82 Å². The molecule has 0 saturated heterocycles. The van der Waals surface area contributed by atoms with Gasteiger partial charge in [-0.15, -0.1) is 0 Å². The molecule has 0 saturated carbocycles. The maximum atomic E-state index is 6.02. The Morgan fingerprint density at radius 3 is 2.53 bits per heavy atom. The number of ether oxygens (including phenoxy) is 1. The Bertz CT molecular complexity index is 488. The van der Waals surface area contributed by atoms with E-state index in [2.05, 4.69) is 4.98 Å². The van der Waals surface area contributed by atoms with Crippen molar-refractivity contribution in [1.82, 2.24) is 9.55 Å². The maximum Gasteiger partial charge on any atom is 0.131 e. The number of imidazole rings is 1. The van der Waals surface area contributed by atoms with Crippen molar-refractivity contribution in [3.05, 3.63) is 36.2 Å².